The summed E-state index contributed by atoms with van der Waals surface area (Å²) in [4.78, 5) is 21.8. The van der Waals surface area contributed by atoms with Gasteiger partial charge in [0.25, 0.3) is 0 Å². The lowest BCUT2D eigenvalue weighted by Gasteiger charge is -2.42. The molecule has 4 rings (SSSR count). The topological polar surface area (TPSA) is 80.9 Å². The van der Waals surface area contributed by atoms with Crippen molar-refractivity contribution >= 4 is 17.4 Å². The molecule has 1 amide bonds. The quantitative estimate of drug-likeness (QED) is 0.815. The standard InChI is InChI=1S/C22H34N4O3/c1-14-12-25(8-9-26(14)18(27)7-10-28-4)21-19(23)16-11-22(2,3)29-13-17(16)20(24-21)15-5-6-15/h14-15H,5-13,23H2,1-4H3/t14-/m1/s1. The Labute approximate surface area is 173 Å². The van der Waals surface area contributed by atoms with Crippen molar-refractivity contribution in [3.05, 3.63) is 16.8 Å². The SMILES string of the molecule is COCCC(=O)N1CCN(c2nc(C3CC3)c3c(c2N)CC(C)(C)OC3)C[C@H]1C. The number of fused-ring (bicyclic) bond motifs is 1. The van der Waals surface area contributed by atoms with E-state index in [1.54, 1.807) is 7.11 Å². The fraction of sp³-hybridized carbons (Fsp3) is 0.727. The number of carbonyl (C=O) groups excluding carboxylic acids is 1. The van der Waals surface area contributed by atoms with Gasteiger partial charge in [-0.25, -0.2) is 4.98 Å². The monoisotopic (exact) mass is 402 g/mol. The van der Waals surface area contributed by atoms with Crippen molar-refractivity contribution in [2.24, 2.45) is 0 Å². The number of methoxy groups -OCH3 is 1. The van der Waals surface area contributed by atoms with Crippen molar-refractivity contribution in [2.75, 3.05) is 44.0 Å². The molecule has 7 nitrogen and oxygen atoms in total. The molecule has 1 saturated heterocycles. The highest BCUT2D eigenvalue weighted by atomic mass is 16.5. The van der Waals surface area contributed by atoms with Gasteiger partial charge in [-0.2, -0.15) is 0 Å². The van der Waals surface area contributed by atoms with Crippen LogP contribution in [0, 0.1) is 0 Å². The summed E-state index contributed by atoms with van der Waals surface area (Å²) in [5.74, 6) is 1.60. The minimum atomic E-state index is -0.208. The highest BCUT2D eigenvalue weighted by molar-refractivity contribution is 5.77. The van der Waals surface area contributed by atoms with E-state index >= 15 is 0 Å². The van der Waals surface area contributed by atoms with Gasteiger partial charge in [0.15, 0.2) is 5.82 Å². The predicted octanol–water partition coefficient (Wildman–Crippen LogP) is 2.47. The second kappa shape index (κ2) is 7.76. The normalized spacial score (nSPS) is 23.8. The maximum absolute atomic E-state index is 12.5. The Morgan fingerprint density at radius 3 is 2.72 bits per heavy atom. The lowest BCUT2D eigenvalue weighted by Crippen LogP contribution is -2.54. The van der Waals surface area contributed by atoms with Crippen molar-refractivity contribution in [2.45, 2.75) is 70.6 Å². The maximum Gasteiger partial charge on any atom is 0.225 e. The number of piperazine rings is 1. The van der Waals surface area contributed by atoms with E-state index in [1.165, 1.54) is 29.7 Å². The van der Waals surface area contributed by atoms with E-state index in [0.29, 0.717) is 32.1 Å². The van der Waals surface area contributed by atoms with Crippen molar-refractivity contribution in [1.82, 2.24) is 9.88 Å². The molecule has 29 heavy (non-hydrogen) atoms. The molecule has 1 atom stereocenters. The highest BCUT2D eigenvalue weighted by Gasteiger charge is 2.37. The summed E-state index contributed by atoms with van der Waals surface area (Å²) in [5.41, 5.74) is 10.9. The molecule has 160 valence electrons. The molecule has 0 bridgehead atoms. The molecule has 3 aliphatic rings. The average Bonchev–Trinajstić information content (AvgIpc) is 3.51. The molecule has 1 aromatic heterocycles. The van der Waals surface area contributed by atoms with Crippen LogP contribution < -0.4 is 10.6 Å². The number of hydrogen-bond acceptors (Lipinski definition) is 6. The summed E-state index contributed by atoms with van der Waals surface area (Å²) in [5, 5.41) is 0. The molecule has 0 spiro atoms. The second-order valence-electron chi connectivity index (χ2n) is 9.32. The lowest BCUT2D eigenvalue weighted by atomic mass is 9.89. The fourth-order valence-corrected chi connectivity index (χ4v) is 4.59. The van der Waals surface area contributed by atoms with Gasteiger partial charge in [0.1, 0.15) is 0 Å². The molecule has 1 aromatic rings. The number of amides is 1. The zero-order chi connectivity index (χ0) is 20.8. The highest BCUT2D eigenvalue weighted by Crippen LogP contribution is 2.46. The molecule has 2 fully saturated rings. The van der Waals surface area contributed by atoms with Crippen molar-refractivity contribution in [3.8, 4) is 0 Å². The first-order chi connectivity index (χ1) is 13.8. The van der Waals surface area contributed by atoms with Crippen LogP contribution in [-0.2, 0) is 27.3 Å². The van der Waals surface area contributed by atoms with Crippen LogP contribution in [0.2, 0.25) is 0 Å². The third-order valence-corrected chi connectivity index (χ3v) is 6.41. The molecule has 3 heterocycles. The van der Waals surface area contributed by atoms with Gasteiger partial charge in [-0.05, 0) is 39.2 Å². The summed E-state index contributed by atoms with van der Waals surface area (Å²) in [6.07, 6.45) is 3.64. The first-order valence-corrected chi connectivity index (χ1v) is 10.8. The molecular weight excluding hydrogens is 368 g/mol. The Bertz CT molecular complexity index is 791. The van der Waals surface area contributed by atoms with E-state index in [9.17, 15) is 4.79 Å². The third kappa shape index (κ3) is 4.08. The van der Waals surface area contributed by atoms with Crippen LogP contribution in [0.3, 0.4) is 0 Å². The third-order valence-electron chi connectivity index (χ3n) is 6.41. The van der Waals surface area contributed by atoms with Crippen LogP contribution >= 0.6 is 0 Å². The Morgan fingerprint density at radius 1 is 1.31 bits per heavy atom. The van der Waals surface area contributed by atoms with Crippen LogP contribution in [0.15, 0.2) is 0 Å². The average molecular weight is 403 g/mol. The predicted molar refractivity (Wildman–Crippen MR) is 113 cm³/mol. The van der Waals surface area contributed by atoms with Crippen LogP contribution in [0.25, 0.3) is 0 Å². The van der Waals surface area contributed by atoms with Crippen LogP contribution in [0.5, 0.6) is 0 Å². The lowest BCUT2D eigenvalue weighted by molar-refractivity contribution is -0.134. The van der Waals surface area contributed by atoms with E-state index in [2.05, 4.69) is 25.7 Å². The number of carbonyl (C=O) groups is 1. The first-order valence-electron chi connectivity index (χ1n) is 10.8. The number of aromatic nitrogens is 1. The largest absolute Gasteiger partial charge is 0.395 e. The molecular formula is C22H34N4O3. The van der Waals surface area contributed by atoms with E-state index in [-0.39, 0.29) is 17.6 Å². The molecule has 2 aliphatic heterocycles. The van der Waals surface area contributed by atoms with E-state index in [1.807, 2.05) is 4.90 Å². The number of anilines is 2. The Balaban J connectivity index is 1.59. The summed E-state index contributed by atoms with van der Waals surface area (Å²) < 4.78 is 11.1. The number of nitrogen functional groups attached to an aromatic ring is 1. The number of rotatable bonds is 5. The van der Waals surface area contributed by atoms with Gasteiger partial charge in [-0.15, -0.1) is 0 Å². The molecule has 7 heteroatoms. The van der Waals surface area contributed by atoms with Crippen LogP contribution in [-0.4, -0.2) is 60.8 Å². The smallest absolute Gasteiger partial charge is 0.225 e. The van der Waals surface area contributed by atoms with Gasteiger partial charge >= 0.3 is 0 Å². The molecule has 1 saturated carbocycles. The van der Waals surface area contributed by atoms with Gasteiger partial charge < -0.3 is 25.0 Å². The van der Waals surface area contributed by atoms with Crippen LogP contribution in [0.1, 0.15) is 62.8 Å². The second-order valence-corrected chi connectivity index (χ2v) is 9.32. The summed E-state index contributed by atoms with van der Waals surface area (Å²) in [6.45, 7) is 9.61. The number of nitrogens with zero attached hydrogens (tertiary/aromatic N) is 3. The minimum absolute atomic E-state index is 0.120. The maximum atomic E-state index is 12.5. The zero-order valence-corrected chi connectivity index (χ0v) is 18.2. The van der Waals surface area contributed by atoms with Gasteiger partial charge in [-0.3, -0.25) is 4.79 Å². The van der Waals surface area contributed by atoms with Crippen molar-refractivity contribution < 1.29 is 14.3 Å². The van der Waals surface area contributed by atoms with E-state index in [4.69, 9.17) is 20.2 Å². The van der Waals surface area contributed by atoms with Crippen molar-refractivity contribution in [1.29, 1.82) is 0 Å². The zero-order valence-electron chi connectivity index (χ0n) is 18.2. The molecule has 0 aromatic carbocycles. The molecule has 1 aliphatic carbocycles. The number of ether oxygens (including phenoxy) is 2. The van der Waals surface area contributed by atoms with Gasteiger partial charge in [0.05, 0.1) is 36.6 Å². The first kappa shape index (κ1) is 20.4. The van der Waals surface area contributed by atoms with Gasteiger partial charge in [0.2, 0.25) is 5.91 Å². The molecule has 0 unspecified atom stereocenters. The Kier molecular flexibility index (Phi) is 5.46. The molecule has 0 radical (unpaired) electrons. The number of pyridine rings is 1. The summed E-state index contributed by atoms with van der Waals surface area (Å²) in [7, 11) is 1.63. The number of nitrogens with two attached hydrogens (primary N) is 1. The minimum Gasteiger partial charge on any atom is -0.395 e. The van der Waals surface area contributed by atoms with Crippen LogP contribution in [0.4, 0.5) is 11.5 Å². The molecule has 2 N–H and O–H groups in total. The van der Waals surface area contributed by atoms with Crippen molar-refractivity contribution in [3.63, 3.8) is 0 Å². The Hall–Kier alpha value is -1.86. The van der Waals surface area contributed by atoms with Gasteiger partial charge in [-0.1, -0.05) is 0 Å². The van der Waals surface area contributed by atoms with E-state index < -0.39 is 0 Å². The Morgan fingerprint density at radius 2 is 2.07 bits per heavy atom. The number of hydrogen-bond donors (Lipinski definition) is 1. The summed E-state index contributed by atoms with van der Waals surface area (Å²) in [6, 6.07) is 0.120. The van der Waals surface area contributed by atoms with Gasteiger partial charge in [0, 0.05) is 50.7 Å². The fourth-order valence-electron chi connectivity index (χ4n) is 4.59. The van der Waals surface area contributed by atoms with E-state index in [0.717, 1.165) is 31.0 Å². The summed E-state index contributed by atoms with van der Waals surface area (Å²) >= 11 is 0.